The van der Waals surface area contributed by atoms with E-state index in [0.29, 0.717) is 0 Å². The largest absolute Gasteiger partial charge is 0.392 e. The van der Waals surface area contributed by atoms with Gasteiger partial charge in [0.1, 0.15) is 0 Å². The summed E-state index contributed by atoms with van der Waals surface area (Å²) in [5.41, 5.74) is 1.52. The van der Waals surface area contributed by atoms with Gasteiger partial charge in [-0.05, 0) is 53.5 Å². The second kappa shape index (κ2) is 4.67. The van der Waals surface area contributed by atoms with Crippen molar-refractivity contribution in [3.63, 3.8) is 0 Å². The molecule has 1 N–H and O–H groups in total. The van der Waals surface area contributed by atoms with E-state index < -0.39 is 0 Å². The van der Waals surface area contributed by atoms with Crippen molar-refractivity contribution in [2.24, 2.45) is 5.41 Å². The molecule has 1 aliphatic rings. The van der Waals surface area contributed by atoms with Crippen LogP contribution in [0, 0.1) is 5.41 Å². The molecule has 0 bridgehead atoms. The van der Waals surface area contributed by atoms with Crippen molar-refractivity contribution in [1.29, 1.82) is 0 Å². The number of hydrogen-bond acceptors (Lipinski definition) is 2. The Bertz CT molecular complexity index is 285. The van der Waals surface area contributed by atoms with Crippen molar-refractivity contribution in [3.05, 3.63) is 22.4 Å². The number of hydrogen-bond donors (Lipinski definition) is 1. The predicted molar refractivity (Wildman–Crippen MR) is 65.2 cm³/mol. The molecule has 15 heavy (non-hydrogen) atoms. The second-order valence-electron chi connectivity index (χ2n) is 4.77. The van der Waals surface area contributed by atoms with Crippen molar-refractivity contribution in [2.45, 2.75) is 51.6 Å². The molecule has 1 nitrogen and oxygen atoms in total. The van der Waals surface area contributed by atoms with Crippen LogP contribution in [0.4, 0.5) is 0 Å². The lowest BCUT2D eigenvalue weighted by molar-refractivity contribution is 0.0258. The summed E-state index contributed by atoms with van der Waals surface area (Å²) in [6, 6.07) is 2.13. The SMILES string of the molecule is CCC1(C(O)Cc2ccsc2)CCCC1. The van der Waals surface area contributed by atoms with Gasteiger partial charge in [-0.3, -0.25) is 0 Å². The maximum absolute atomic E-state index is 10.4. The lowest BCUT2D eigenvalue weighted by atomic mass is 9.76. The lowest BCUT2D eigenvalue weighted by Gasteiger charge is -2.33. The molecule has 1 saturated carbocycles. The number of thiophene rings is 1. The number of aliphatic hydroxyl groups excluding tert-OH is 1. The van der Waals surface area contributed by atoms with Crippen LogP contribution in [0.5, 0.6) is 0 Å². The van der Waals surface area contributed by atoms with E-state index in [1.54, 1.807) is 11.3 Å². The van der Waals surface area contributed by atoms with Gasteiger partial charge in [0.25, 0.3) is 0 Å². The molecule has 1 aromatic heterocycles. The zero-order chi connectivity index (χ0) is 10.7. The van der Waals surface area contributed by atoms with E-state index in [9.17, 15) is 5.11 Å². The predicted octanol–water partition coefficient (Wildman–Crippen LogP) is 3.62. The molecule has 1 aliphatic carbocycles. The molecule has 0 spiro atoms. The molecule has 0 saturated heterocycles. The molecule has 2 heteroatoms. The molecular formula is C13H20OS. The summed E-state index contributed by atoms with van der Waals surface area (Å²) in [5.74, 6) is 0. The summed E-state index contributed by atoms with van der Waals surface area (Å²) in [5, 5.41) is 14.6. The molecule has 84 valence electrons. The molecule has 1 atom stereocenters. The van der Waals surface area contributed by atoms with Crippen LogP contribution in [-0.2, 0) is 6.42 Å². The van der Waals surface area contributed by atoms with Gasteiger partial charge in [-0.1, -0.05) is 19.8 Å². The van der Waals surface area contributed by atoms with Crippen LogP contribution < -0.4 is 0 Å². The van der Waals surface area contributed by atoms with Crippen LogP contribution in [0.1, 0.15) is 44.6 Å². The Kier molecular flexibility index (Phi) is 3.47. The molecule has 0 amide bonds. The maximum atomic E-state index is 10.4. The summed E-state index contributed by atoms with van der Waals surface area (Å²) >= 11 is 1.72. The number of aliphatic hydroxyl groups is 1. The highest BCUT2D eigenvalue weighted by molar-refractivity contribution is 7.07. The Morgan fingerprint density at radius 2 is 2.20 bits per heavy atom. The standard InChI is InChI=1S/C13H20OS/c1-2-13(6-3-4-7-13)12(14)9-11-5-8-15-10-11/h5,8,10,12,14H,2-4,6-7,9H2,1H3. The molecule has 0 aromatic carbocycles. The van der Waals surface area contributed by atoms with Crippen LogP contribution in [0.15, 0.2) is 16.8 Å². The van der Waals surface area contributed by atoms with Crippen LogP contribution in [-0.4, -0.2) is 11.2 Å². The minimum absolute atomic E-state index is 0.139. The topological polar surface area (TPSA) is 20.2 Å². The first-order valence-corrected chi connectivity index (χ1v) is 6.90. The molecule has 0 aliphatic heterocycles. The zero-order valence-corrected chi connectivity index (χ0v) is 10.2. The highest BCUT2D eigenvalue weighted by Gasteiger charge is 2.38. The zero-order valence-electron chi connectivity index (χ0n) is 9.41. The molecule has 1 unspecified atom stereocenters. The van der Waals surface area contributed by atoms with Crippen LogP contribution >= 0.6 is 11.3 Å². The molecule has 1 fully saturated rings. The smallest absolute Gasteiger partial charge is 0.0636 e. The summed E-state index contributed by atoms with van der Waals surface area (Å²) in [4.78, 5) is 0. The van der Waals surface area contributed by atoms with E-state index in [1.165, 1.54) is 31.2 Å². The first-order chi connectivity index (χ1) is 7.27. The Hall–Kier alpha value is -0.340. The molecule has 0 radical (unpaired) electrons. The fourth-order valence-corrected chi connectivity index (χ4v) is 3.53. The highest BCUT2D eigenvalue weighted by Crippen LogP contribution is 2.44. The fourth-order valence-electron chi connectivity index (χ4n) is 2.85. The van der Waals surface area contributed by atoms with Gasteiger partial charge in [0.15, 0.2) is 0 Å². The normalized spacial score (nSPS) is 21.7. The van der Waals surface area contributed by atoms with E-state index >= 15 is 0 Å². The maximum Gasteiger partial charge on any atom is 0.0636 e. The first-order valence-electron chi connectivity index (χ1n) is 5.96. The average molecular weight is 224 g/mol. The van der Waals surface area contributed by atoms with Crippen molar-refractivity contribution < 1.29 is 5.11 Å². The van der Waals surface area contributed by atoms with E-state index in [4.69, 9.17) is 0 Å². The van der Waals surface area contributed by atoms with Crippen LogP contribution in [0.2, 0.25) is 0 Å². The Balaban J connectivity index is 2.02. The fraction of sp³-hybridized carbons (Fsp3) is 0.692. The Morgan fingerprint density at radius 3 is 2.73 bits per heavy atom. The van der Waals surface area contributed by atoms with Gasteiger partial charge < -0.3 is 5.11 Å². The quantitative estimate of drug-likeness (QED) is 0.828. The minimum atomic E-state index is -0.139. The van der Waals surface area contributed by atoms with E-state index in [2.05, 4.69) is 23.8 Å². The highest BCUT2D eigenvalue weighted by atomic mass is 32.1. The van der Waals surface area contributed by atoms with Gasteiger partial charge in [-0.25, -0.2) is 0 Å². The van der Waals surface area contributed by atoms with Crippen molar-refractivity contribution in [1.82, 2.24) is 0 Å². The third-order valence-corrected chi connectivity index (χ3v) is 4.75. The van der Waals surface area contributed by atoms with Crippen molar-refractivity contribution in [3.8, 4) is 0 Å². The Morgan fingerprint density at radius 1 is 1.47 bits per heavy atom. The van der Waals surface area contributed by atoms with Gasteiger partial charge in [0, 0.05) is 0 Å². The van der Waals surface area contributed by atoms with Gasteiger partial charge in [-0.15, -0.1) is 0 Å². The number of rotatable bonds is 4. The van der Waals surface area contributed by atoms with Gasteiger partial charge in [0.05, 0.1) is 6.10 Å². The summed E-state index contributed by atoms with van der Waals surface area (Å²) in [6.45, 7) is 2.22. The molecule has 2 rings (SSSR count). The van der Waals surface area contributed by atoms with E-state index in [1.807, 2.05) is 0 Å². The average Bonchev–Trinajstić information content (AvgIpc) is 2.87. The van der Waals surface area contributed by atoms with Crippen LogP contribution in [0.3, 0.4) is 0 Å². The molecule has 1 aromatic rings. The van der Waals surface area contributed by atoms with Gasteiger partial charge in [0.2, 0.25) is 0 Å². The van der Waals surface area contributed by atoms with Gasteiger partial charge >= 0.3 is 0 Å². The third-order valence-electron chi connectivity index (χ3n) is 4.02. The van der Waals surface area contributed by atoms with Crippen molar-refractivity contribution >= 4 is 11.3 Å². The summed E-state index contributed by atoms with van der Waals surface area (Å²) < 4.78 is 0. The monoisotopic (exact) mass is 224 g/mol. The molecular weight excluding hydrogens is 204 g/mol. The molecule has 1 heterocycles. The Labute approximate surface area is 96.1 Å². The second-order valence-corrected chi connectivity index (χ2v) is 5.55. The van der Waals surface area contributed by atoms with E-state index in [0.717, 1.165) is 12.8 Å². The van der Waals surface area contributed by atoms with E-state index in [-0.39, 0.29) is 11.5 Å². The van der Waals surface area contributed by atoms with Crippen molar-refractivity contribution in [2.75, 3.05) is 0 Å². The summed E-state index contributed by atoms with van der Waals surface area (Å²) in [7, 11) is 0. The van der Waals surface area contributed by atoms with Crippen LogP contribution in [0.25, 0.3) is 0 Å². The summed E-state index contributed by atoms with van der Waals surface area (Å²) in [6.07, 6.45) is 6.86. The first kappa shape index (κ1) is 11.2. The minimum Gasteiger partial charge on any atom is -0.392 e. The van der Waals surface area contributed by atoms with Gasteiger partial charge in [-0.2, -0.15) is 11.3 Å². The lowest BCUT2D eigenvalue weighted by Crippen LogP contribution is -2.33. The third kappa shape index (κ3) is 2.26.